The number of rotatable bonds is 2. The van der Waals surface area contributed by atoms with Gasteiger partial charge in [0.1, 0.15) is 0 Å². The van der Waals surface area contributed by atoms with Gasteiger partial charge in [0.25, 0.3) is 0 Å². The molecule has 1 aromatic carbocycles. The summed E-state index contributed by atoms with van der Waals surface area (Å²) in [5.41, 5.74) is 2.04. The fraction of sp³-hybridized carbons (Fsp3) is 0.462. The van der Waals surface area contributed by atoms with Crippen LogP contribution in [0.3, 0.4) is 0 Å². The number of nitrogens with one attached hydrogen (secondary N) is 1. The van der Waals surface area contributed by atoms with Crippen molar-refractivity contribution in [2.75, 3.05) is 13.2 Å². The van der Waals surface area contributed by atoms with Crippen LogP contribution in [0.2, 0.25) is 5.02 Å². The normalized spacial score (nSPS) is 17.4. The molecule has 1 aliphatic heterocycles. The van der Waals surface area contributed by atoms with Crippen LogP contribution in [0.15, 0.2) is 18.2 Å². The molecule has 1 fully saturated rings. The Morgan fingerprint density at radius 2 is 2.17 bits per heavy atom. The molecule has 0 bridgehead atoms. The van der Waals surface area contributed by atoms with E-state index in [-0.39, 0.29) is 0 Å². The van der Waals surface area contributed by atoms with Gasteiger partial charge < -0.3 is 14.3 Å². The molecule has 5 heteroatoms. The first-order valence-electron chi connectivity index (χ1n) is 6.20. The summed E-state index contributed by atoms with van der Waals surface area (Å²) in [4.78, 5) is 3.20. The average Bonchev–Trinajstić information content (AvgIpc) is 2.70. The molecule has 96 valence electrons. The van der Waals surface area contributed by atoms with Crippen molar-refractivity contribution in [3.05, 3.63) is 28.0 Å². The van der Waals surface area contributed by atoms with Crippen LogP contribution in [-0.4, -0.2) is 22.8 Å². The molecular weight excluding hydrogens is 268 g/mol. The fourth-order valence-corrected chi connectivity index (χ4v) is 3.01. The summed E-state index contributed by atoms with van der Waals surface area (Å²) in [6, 6.07) is 5.91. The summed E-state index contributed by atoms with van der Waals surface area (Å²) in [5, 5.41) is 0.726. The number of nitrogens with zero attached hydrogens (tertiary/aromatic N) is 1. The number of hydrogen-bond acceptors (Lipinski definition) is 2. The highest BCUT2D eigenvalue weighted by Gasteiger charge is 2.16. The van der Waals surface area contributed by atoms with Gasteiger partial charge in [-0.3, -0.25) is 0 Å². The molecule has 1 aliphatic rings. The summed E-state index contributed by atoms with van der Waals surface area (Å²) in [6.07, 6.45) is 2.21. The lowest BCUT2D eigenvalue weighted by Gasteiger charge is -2.22. The summed E-state index contributed by atoms with van der Waals surface area (Å²) >= 11 is 11.6. The predicted molar refractivity (Wildman–Crippen MR) is 75.7 cm³/mol. The number of fused-ring (bicyclic) bond motifs is 1. The highest BCUT2D eigenvalue weighted by Crippen LogP contribution is 2.25. The van der Waals surface area contributed by atoms with Crippen LogP contribution in [0, 0.1) is 10.7 Å². The minimum Gasteiger partial charge on any atom is -0.381 e. The van der Waals surface area contributed by atoms with Gasteiger partial charge in [0.15, 0.2) is 4.77 Å². The van der Waals surface area contributed by atoms with Gasteiger partial charge in [0.05, 0.1) is 16.1 Å². The second kappa shape index (κ2) is 5.03. The van der Waals surface area contributed by atoms with Gasteiger partial charge in [-0.05, 0) is 43.1 Å². The summed E-state index contributed by atoms with van der Waals surface area (Å²) in [5.74, 6) is 0.642. The van der Waals surface area contributed by atoms with Gasteiger partial charge in [0.2, 0.25) is 0 Å². The van der Waals surface area contributed by atoms with Crippen molar-refractivity contribution in [3.63, 3.8) is 0 Å². The number of H-pyrrole nitrogens is 1. The molecule has 0 spiro atoms. The molecule has 0 atom stereocenters. The van der Waals surface area contributed by atoms with Crippen LogP contribution in [0.5, 0.6) is 0 Å². The summed E-state index contributed by atoms with van der Waals surface area (Å²) < 4.78 is 8.31. The number of benzene rings is 1. The van der Waals surface area contributed by atoms with E-state index >= 15 is 0 Å². The van der Waals surface area contributed by atoms with E-state index in [1.54, 1.807) is 0 Å². The van der Waals surface area contributed by atoms with E-state index in [4.69, 9.17) is 28.6 Å². The predicted octanol–water partition coefficient (Wildman–Crippen LogP) is 3.78. The first-order chi connectivity index (χ1) is 8.75. The van der Waals surface area contributed by atoms with E-state index in [1.807, 2.05) is 12.1 Å². The smallest absolute Gasteiger partial charge is 0.178 e. The zero-order valence-electron chi connectivity index (χ0n) is 9.99. The minimum absolute atomic E-state index is 0.642. The van der Waals surface area contributed by atoms with Crippen LogP contribution < -0.4 is 0 Å². The monoisotopic (exact) mass is 282 g/mol. The number of hydrogen-bond donors (Lipinski definition) is 1. The Balaban J connectivity index is 1.98. The Bertz CT molecular complexity index is 613. The molecule has 1 saturated heterocycles. The lowest BCUT2D eigenvalue weighted by molar-refractivity contribution is 0.0615. The minimum atomic E-state index is 0.642. The van der Waals surface area contributed by atoms with Crippen molar-refractivity contribution in [1.82, 2.24) is 9.55 Å². The standard InChI is InChI=1S/C13H15ClN2OS/c14-10-2-1-3-11-12(10)15-13(18)16(11)8-9-4-6-17-7-5-9/h1-3,9H,4-8H2,(H,15,18). The topological polar surface area (TPSA) is 29.9 Å². The molecule has 1 aromatic heterocycles. The Labute approximate surface area is 116 Å². The molecule has 3 rings (SSSR count). The Morgan fingerprint density at radius 1 is 1.39 bits per heavy atom. The number of ether oxygens (including phenoxy) is 1. The second-order valence-corrected chi connectivity index (χ2v) is 5.52. The quantitative estimate of drug-likeness (QED) is 0.850. The molecular formula is C13H15ClN2OS. The van der Waals surface area contributed by atoms with Gasteiger partial charge in [-0.2, -0.15) is 0 Å². The van der Waals surface area contributed by atoms with Crippen molar-refractivity contribution in [2.24, 2.45) is 5.92 Å². The highest BCUT2D eigenvalue weighted by atomic mass is 35.5. The largest absolute Gasteiger partial charge is 0.381 e. The lowest BCUT2D eigenvalue weighted by atomic mass is 10.0. The highest BCUT2D eigenvalue weighted by molar-refractivity contribution is 7.71. The van der Waals surface area contributed by atoms with Crippen LogP contribution in [-0.2, 0) is 11.3 Å². The maximum absolute atomic E-state index is 6.17. The van der Waals surface area contributed by atoms with Gasteiger partial charge in [0, 0.05) is 19.8 Å². The van der Waals surface area contributed by atoms with Gasteiger partial charge in [-0.25, -0.2) is 0 Å². The Morgan fingerprint density at radius 3 is 2.94 bits per heavy atom. The van der Waals surface area contributed by atoms with E-state index in [1.165, 1.54) is 0 Å². The van der Waals surface area contributed by atoms with Crippen LogP contribution in [0.4, 0.5) is 0 Å². The number of imidazole rings is 1. The molecule has 0 saturated carbocycles. The van der Waals surface area contributed by atoms with E-state index in [0.29, 0.717) is 5.92 Å². The van der Waals surface area contributed by atoms with Crippen LogP contribution >= 0.6 is 23.8 Å². The second-order valence-electron chi connectivity index (χ2n) is 4.73. The van der Waals surface area contributed by atoms with Crippen molar-refractivity contribution in [3.8, 4) is 0 Å². The van der Waals surface area contributed by atoms with Crippen molar-refractivity contribution >= 4 is 34.9 Å². The zero-order valence-corrected chi connectivity index (χ0v) is 11.6. The molecule has 0 unspecified atom stereocenters. The summed E-state index contributed by atoms with van der Waals surface area (Å²) in [7, 11) is 0. The third kappa shape index (κ3) is 2.20. The first-order valence-corrected chi connectivity index (χ1v) is 6.99. The van der Waals surface area contributed by atoms with Gasteiger partial charge in [-0.1, -0.05) is 17.7 Å². The van der Waals surface area contributed by atoms with Crippen LogP contribution in [0.25, 0.3) is 11.0 Å². The maximum atomic E-state index is 6.17. The average molecular weight is 283 g/mol. The molecule has 0 aliphatic carbocycles. The SMILES string of the molecule is S=c1[nH]c2c(Cl)cccc2n1CC1CCOCC1. The third-order valence-electron chi connectivity index (χ3n) is 3.54. The first kappa shape index (κ1) is 12.2. The molecule has 0 radical (unpaired) electrons. The van der Waals surface area contributed by atoms with Crippen LogP contribution in [0.1, 0.15) is 12.8 Å². The molecule has 18 heavy (non-hydrogen) atoms. The Kier molecular flexibility index (Phi) is 3.41. The molecule has 0 amide bonds. The van der Waals surface area contributed by atoms with E-state index in [2.05, 4.69) is 15.6 Å². The van der Waals surface area contributed by atoms with E-state index < -0.39 is 0 Å². The van der Waals surface area contributed by atoms with Gasteiger partial charge in [-0.15, -0.1) is 0 Å². The van der Waals surface area contributed by atoms with Crippen molar-refractivity contribution < 1.29 is 4.74 Å². The zero-order chi connectivity index (χ0) is 12.5. The lowest BCUT2D eigenvalue weighted by Crippen LogP contribution is -2.20. The van der Waals surface area contributed by atoms with Crippen molar-refractivity contribution in [2.45, 2.75) is 19.4 Å². The van der Waals surface area contributed by atoms with Gasteiger partial charge >= 0.3 is 0 Å². The Hall–Kier alpha value is -0.840. The number of halogens is 1. The summed E-state index contributed by atoms with van der Waals surface area (Å²) in [6.45, 7) is 2.67. The van der Waals surface area contributed by atoms with Crippen molar-refractivity contribution in [1.29, 1.82) is 0 Å². The van der Waals surface area contributed by atoms with E-state index in [0.717, 1.165) is 53.4 Å². The fourth-order valence-electron chi connectivity index (χ4n) is 2.51. The maximum Gasteiger partial charge on any atom is 0.178 e. The van der Waals surface area contributed by atoms with E-state index in [9.17, 15) is 0 Å². The molecule has 2 aromatic rings. The third-order valence-corrected chi connectivity index (χ3v) is 4.18. The number of aromatic nitrogens is 2. The number of aromatic amines is 1. The molecule has 3 nitrogen and oxygen atoms in total. The number of para-hydroxylation sites is 1. The molecule has 1 N–H and O–H groups in total. The molecule has 2 heterocycles.